The van der Waals surface area contributed by atoms with Crippen molar-refractivity contribution in [3.8, 4) is 0 Å². The van der Waals surface area contributed by atoms with E-state index in [4.69, 9.17) is 0 Å². The van der Waals surface area contributed by atoms with E-state index in [2.05, 4.69) is 5.32 Å². The summed E-state index contributed by atoms with van der Waals surface area (Å²) in [5.41, 5.74) is 3.22. The molecule has 2 aromatic carbocycles. The van der Waals surface area contributed by atoms with E-state index < -0.39 is 0 Å². The van der Waals surface area contributed by atoms with Gasteiger partial charge in [-0.05, 0) is 25.0 Å². The minimum Gasteiger partial charge on any atom is -0.339 e. The number of carbonyl (C=O) groups is 3. The maximum Gasteiger partial charge on any atom is 0.317 e. The van der Waals surface area contributed by atoms with Gasteiger partial charge < -0.3 is 20.0 Å². The number of benzene rings is 2. The van der Waals surface area contributed by atoms with Gasteiger partial charge in [0.1, 0.15) is 0 Å². The van der Waals surface area contributed by atoms with Crippen molar-refractivity contribution in [2.75, 3.05) is 39.3 Å². The summed E-state index contributed by atoms with van der Waals surface area (Å²) >= 11 is 0. The Morgan fingerprint density at radius 1 is 0.875 bits per heavy atom. The van der Waals surface area contributed by atoms with E-state index in [0.717, 1.165) is 11.1 Å². The molecule has 0 spiro atoms. The first kappa shape index (κ1) is 23.3. The molecule has 0 radical (unpaired) electrons. The van der Waals surface area contributed by atoms with Gasteiger partial charge in [-0.25, -0.2) is 4.79 Å². The van der Waals surface area contributed by atoms with Crippen LogP contribution in [0.5, 0.6) is 0 Å². The molecule has 170 valence electrons. The molecule has 1 heterocycles. The van der Waals surface area contributed by atoms with E-state index in [1.54, 1.807) is 14.7 Å². The Balaban J connectivity index is 1.41. The van der Waals surface area contributed by atoms with Crippen LogP contribution in [-0.4, -0.2) is 71.8 Å². The summed E-state index contributed by atoms with van der Waals surface area (Å²) in [5, 5.41) is 2.73. The van der Waals surface area contributed by atoms with Crippen molar-refractivity contribution in [3.63, 3.8) is 0 Å². The van der Waals surface area contributed by atoms with Crippen molar-refractivity contribution in [2.45, 2.75) is 26.8 Å². The quantitative estimate of drug-likeness (QED) is 0.725. The molecule has 1 N–H and O–H groups in total. The fourth-order valence-electron chi connectivity index (χ4n) is 3.71. The predicted octanol–water partition coefficient (Wildman–Crippen LogP) is 2.44. The van der Waals surface area contributed by atoms with Crippen LogP contribution in [0.25, 0.3) is 0 Å². The number of hydrogen-bond acceptors (Lipinski definition) is 3. The lowest BCUT2D eigenvalue weighted by Gasteiger charge is -2.35. The first-order chi connectivity index (χ1) is 15.5. The summed E-state index contributed by atoms with van der Waals surface area (Å²) in [6.45, 7) is 6.93. The van der Waals surface area contributed by atoms with Gasteiger partial charge in [0.05, 0.1) is 13.0 Å². The Morgan fingerprint density at radius 2 is 1.50 bits per heavy atom. The molecule has 0 unspecified atom stereocenters. The molecule has 0 atom stereocenters. The molecule has 3 rings (SSSR count). The lowest BCUT2D eigenvalue weighted by molar-refractivity contribution is -0.131. The lowest BCUT2D eigenvalue weighted by Crippen LogP contribution is -2.54. The maximum atomic E-state index is 12.6. The van der Waals surface area contributed by atoms with Gasteiger partial charge >= 0.3 is 6.03 Å². The Hall–Kier alpha value is -3.35. The smallest absolute Gasteiger partial charge is 0.317 e. The number of amides is 4. The van der Waals surface area contributed by atoms with Crippen molar-refractivity contribution in [3.05, 3.63) is 71.3 Å². The lowest BCUT2D eigenvalue weighted by atomic mass is 10.1. The number of nitrogens with zero attached hydrogens (tertiary/aromatic N) is 3. The number of carbonyl (C=O) groups excluding carboxylic acids is 3. The number of aryl methyl sites for hydroxylation is 1. The van der Waals surface area contributed by atoms with E-state index in [0.29, 0.717) is 45.7 Å². The number of likely N-dealkylation sites (N-methyl/N-ethyl adjacent to an activating group) is 1. The van der Waals surface area contributed by atoms with E-state index in [-0.39, 0.29) is 24.4 Å². The summed E-state index contributed by atoms with van der Waals surface area (Å²) in [6.07, 6.45) is 0.370. The van der Waals surface area contributed by atoms with Crippen molar-refractivity contribution in [1.82, 2.24) is 20.0 Å². The number of urea groups is 1. The van der Waals surface area contributed by atoms with Crippen LogP contribution in [0.3, 0.4) is 0 Å². The first-order valence-corrected chi connectivity index (χ1v) is 11.1. The van der Waals surface area contributed by atoms with Gasteiger partial charge in [-0.3, -0.25) is 9.59 Å². The van der Waals surface area contributed by atoms with Crippen molar-refractivity contribution >= 4 is 17.8 Å². The molecule has 0 aromatic heterocycles. The SMILES string of the molecule is CCN(Cc1ccccc1)C(=O)CNC(=O)N1CCN(C(=O)Cc2ccc(C)cc2)CC1. The fraction of sp³-hybridized carbons (Fsp3) is 0.400. The molecule has 2 aromatic rings. The number of hydrogen-bond donors (Lipinski definition) is 1. The van der Waals surface area contributed by atoms with Gasteiger partial charge in [-0.1, -0.05) is 60.2 Å². The topological polar surface area (TPSA) is 73.0 Å². The molecule has 1 fully saturated rings. The second kappa shape index (κ2) is 11.3. The van der Waals surface area contributed by atoms with Crippen LogP contribution in [0.2, 0.25) is 0 Å². The minimum atomic E-state index is -0.264. The molecule has 0 saturated carbocycles. The molecule has 0 bridgehead atoms. The second-order valence-corrected chi connectivity index (χ2v) is 8.08. The Morgan fingerprint density at radius 3 is 2.12 bits per heavy atom. The summed E-state index contributed by atoms with van der Waals surface area (Å²) in [5.74, 6) is -0.0415. The average Bonchev–Trinajstić information content (AvgIpc) is 2.83. The monoisotopic (exact) mass is 436 g/mol. The van der Waals surface area contributed by atoms with Crippen LogP contribution in [0.1, 0.15) is 23.6 Å². The van der Waals surface area contributed by atoms with E-state index >= 15 is 0 Å². The van der Waals surface area contributed by atoms with Crippen LogP contribution in [-0.2, 0) is 22.6 Å². The Kier molecular flexibility index (Phi) is 8.25. The van der Waals surface area contributed by atoms with Gasteiger partial charge in [0.25, 0.3) is 0 Å². The highest BCUT2D eigenvalue weighted by Gasteiger charge is 2.24. The first-order valence-electron chi connectivity index (χ1n) is 11.1. The normalized spacial score (nSPS) is 13.6. The van der Waals surface area contributed by atoms with E-state index in [1.165, 1.54) is 5.56 Å². The average molecular weight is 437 g/mol. The highest BCUT2D eigenvalue weighted by atomic mass is 16.2. The third kappa shape index (κ3) is 6.57. The second-order valence-electron chi connectivity index (χ2n) is 8.08. The molecule has 32 heavy (non-hydrogen) atoms. The van der Waals surface area contributed by atoms with Crippen LogP contribution in [0, 0.1) is 6.92 Å². The number of piperazine rings is 1. The van der Waals surface area contributed by atoms with Crippen LogP contribution < -0.4 is 5.32 Å². The minimum absolute atomic E-state index is 0.0356. The molecule has 7 heteroatoms. The summed E-state index contributed by atoms with van der Waals surface area (Å²) in [7, 11) is 0. The molecule has 1 aliphatic rings. The van der Waals surface area contributed by atoms with Gasteiger partial charge in [-0.2, -0.15) is 0 Å². The van der Waals surface area contributed by atoms with Crippen LogP contribution >= 0.6 is 0 Å². The third-order valence-corrected chi connectivity index (χ3v) is 5.74. The molecule has 0 aliphatic carbocycles. The third-order valence-electron chi connectivity index (χ3n) is 5.74. The summed E-state index contributed by atoms with van der Waals surface area (Å²) in [6, 6.07) is 17.5. The highest BCUT2D eigenvalue weighted by Crippen LogP contribution is 2.09. The van der Waals surface area contributed by atoms with Crippen molar-refractivity contribution in [1.29, 1.82) is 0 Å². The van der Waals surface area contributed by atoms with Gasteiger partial charge in [0.15, 0.2) is 0 Å². The molecule has 1 saturated heterocycles. The standard InChI is InChI=1S/C25H32N4O3/c1-3-27(19-22-7-5-4-6-8-22)24(31)18-26-25(32)29-15-13-28(14-16-29)23(30)17-21-11-9-20(2)10-12-21/h4-12H,3,13-19H2,1-2H3,(H,26,32). The fourth-order valence-corrected chi connectivity index (χ4v) is 3.71. The number of nitrogens with one attached hydrogen (secondary N) is 1. The number of rotatable bonds is 7. The predicted molar refractivity (Wildman–Crippen MR) is 124 cm³/mol. The van der Waals surface area contributed by atoms with Gasteiger partial charge in [0, 0.05) is 39.3 Å². The zero-order valence-electron chi connectivity index (χ0n) is 18.9. The zero-order valence-corrected chi connectivity index (χ0v) is 18.9. The molecule has 1 aliphatic heterocycles. The molecular formula is C25H32N4O3. The summed E-state index contributed by atoms with van der Waals surface area (Å²) < 4.78 is 0. The molecule has 7 nitrogen and oxygen atoms in total. The maximum absolute atomic E-state index is 12.6. The van der Waals surface area contributed by atoms with Crippen LogP contribution in [0.15, 0.2) is 54.6 Å². The van der Waals surface area contributed by atoms with E-state index in [9.17, 15) is 14.4 Å². The molecular weight excluding hydrogens is 404 g/mol. The van der Waals surface area contributed by atoms with Gasteiger partial charge in [-0.15, -0.1) is 0 Å². The Labute approximate surface area is 190 Å². The summed E-state index contributed by atoms with van der Waals surface area (Å²) in [4.78, 5) is 42.8. The Bertz CT molecular complexity index is 907. The van der Waals surface area contributed by atoms with E-state index in [1.807, 2.05) is 68.4 Å². The van der Waals surface area contributed by atoms with Crippen molar-refractivity contribution < 1.29 is 14.4 Å². The highest BCUT2D eigenvalue weighted by molar-refractivity contribution is 5.84. The molecule has 4 amide bonds. The van der Waals surface area contributed by atoms with Crippen molar-refractivity contribution in [2.24, 2.45) is 0 Å². The largest absolute Gasteiger partial charge is 0.339 e. The zero-order chi connectivity index (χ0) is 22.9. The van der Waals surface area contributed by atoms with Crippen LogP contribution in [0.4, 0.5) is 4.79 Å². The van der Waals surface area contributed by atoms with Gasteiger partial charge in [0.2, 0.25) is 11.8 Å².